The van der Waals surface area contributed by atoms with Gasteiger partial charge in [0.15, 0.2) is 5.76 Å². The molecular formula is C14H11ClN2O4S. The highest BCUT2D eigenvalue weighted by Crippen LogP contribution is 2.27. The monoisotopic (exact) mass is 338 g/mol. The summed E-state index contributed by atoms with van der Waals surface area (Å²) < 4.78 is 37.4. The summed E-state index contributed by atoms with van der Waals surface area (Å²) >= 11 is 5.89. The quantitative estimate of drug-likeness (QED) is 0.784. The van der Waals surface area contributed by atoms with E-state index in [9.17, 15) is 8.42 Å². The van der Waals surface area contributed by atoms with E-state index in [0.717, 1.165) is 5.56 Å². The molecule has 0 aliphatic rings. The zero-order valence-corrected chi connectivity index (χ0v) is 13.0. The van der Waals surface area contributed by atoms with Crippen molar-refractivity contribution in [1.29, 1.82) is 0 Å². The van der Waals surface area contributed by atoms with Gasteiger partial charge in [0.1, 0.15) is 0 Å². The van der Waals surface area contributed by atoms with Crippen LogP contribution >= 0.6 is 11.6 Å². The van der Waals surface area contributed by atoms with E-state index in [-0.39, 0.29) is 10.9 Å². The van der Waals surface area contributed by atoms with Crippen LogP contribution in [0.25, 0.3) is 11.5 Å². The van der Waals surface area contributed by atoms with E-state index in [1.807, 2.05) is 0 Å². The Morgan fingerprint density at radius 1 is 1.14 bits per heavy atom. The molecule has 0 saturated carbocycles. The third kappa shape index (κ3) is 2.86. The van der Waals surface area contributed by atoms with Crippen LogP contribution in [-0.4, -0.2) is 13.6 Å². The van der Waals surface area contributed by atoms with Crippen molar-refractivity contribution >= 4 is 27.3 Å². The molecule has 0 fully saturated rings. The Labute approximate surface area is 131 Å². The van der Waals surface area contributed by atoms with Crippen LogP contribution in [0.2, 0.25) is 5.02 Å². The van der Waals surface area contributed by atoms with Crippen molar-refractivity contribution in [2.45, 2.75) is 12.0 Å². The van der Waals surface area contributed by atoms with Gasteiger partial charge in [-0.15, -0.1) is 0 Å². The number of nitrogens with zero attached hydrogens (tertiary/aromatic N) is 1. The van der Waals surface area contributed by atoms with Gasteiger partial charge in [-0.3, -0.25) is 4.72 Å². The number of aryl methyl sites for hydroxylation is 1. The molecule has 2 aromatic heterocycles. The van der Waals surface area contributed by atoms with Gasteiger partial charge in [0, 0.05) is 11.1 Å². The van der Waals surface area contributed by atoms with Gasteiger partial charge in [-0.05, 0) is 36.8 Å². The average Bonchev–Trinajstić information content (AvgIpc) is 3.12. The van der Waals surface area contributed by atoms with Gasteiger partial charge in [0.25, 0.3) is 10.0 Å². The van der Waals surface area contributed by atoms with Crippen LogP contribution in [-0.2, 0) is 10.0 Å². The number of rotatable bonds is 4. The molecule has 114 valence electrons. The average molecular weight is 339 g/mol. The molecule has 0 atom stereocenters. The smallest absolute Gasteiger partial charge is 0.295 e. The zero-order chi connectivity index (χ0) is 15.7. The minimum absolute atomic E-state index is 0.224. The van der Waals surface area contributed by atoms with Crippen LogP contribution < -0.4 is 4.72 Å². The summed E-state index contributed by atoms with van der Waals surface area (Å²) in [4.78, 5) is 0. The first-order chi connectivity index (χ1) is 10.5. The predicted octanol–water partition coefficient (Wildman–Crippen LogP) is 3.70. The molecule has 6 nitrogen and oxygen atoms in total. The van der Waals surface area contributed by atoms with Gasteiger partial charge < -0.3 is 8.94 Å². The van der Waals surface area contributed by atoms with Crippen LogP contribution in [0.1, 0.15) is 5.56 Å². The number of nitrogens with one attached hydrogen (secondary N) is 1. The lowest BCUT2D eigenvalue weighted by molar-refractivity contribution is 0.401. The predicted molar refractivity (Wildman–Crippen MR) is 81.2 cm³/mol. The summed E-state index contributed by atoms with van der Waals surface area (Å²) in [5.74, 6) is 0.626. The third-order valence-electron chi connectivity index (χ3n) is 2.97. The molecule has 0 aliphatic carbocycles. The highest BCUT2D eigenvalue weighted by molar-refractivity contribution is 7.92. The Balaban J connectivity index is 1.92. The molecular weight excluding hydrogens is 328 g/mol. The second-order valence-corrected chi connectivity index (χ2v) is 6.61. The molecule has 1 N–H and O–H groups in total. The fraction of sp³-hybridized carbons (Fsp3) is 0.0714. The first kappa shape index (κ1) is 14.7. The number of aromatic nitrogens is 1. The Morgan fingerprint density at radius 2 is 1.95 bits per heavy atom. The van der Waals surface area contributed by atoms with Crippen LogP contribution in [0.5, 0.6) is 0 Å². The topological polar surface area (TPSA) is 85.3 Å². The van der Waals surface area contributed by atoms with Gasteiger partial charge in [-0.1, -0.05) is 22.8 Å². The molecule has 0 aliphatic heterocycles. The Morgan fingerprint density at radius 3 is 2.68 bits per heavy atom. The molecule has 0 unspecified atom stereocenters. The number of hydrogen-bond acceptors (Lipinski definition) is 5. The maximum absolute atomic E-state index is 12.4. The van der Waals surface area contributed by atoms with Crippen molar-refractivity contribution in [3.05, 3.63) is 53.2 Å². The SMILES string of the molecule is Cc1ccc(Cl)cc1NS(=O)(=O)c1ccc(-c2ccno2)o1. The highest BCUT2D eigenvalue weighted by atomic mass is 35.5. The number of benzene rings is 1. The third-order valence-corrected chi connectivity index (χ3v) is 4.44. The van der Waals surface area contributed by atoms with E-state index in [4.69, 9.17) is 20.5 Å². The lowest BCUT2D eigenvalue weighted by atomic mass is 10.2. The second-order valence-electron chi connectivity index (χ2n) is 4.56. The van der Waals surface area contributed by atoms with E-state index in [2.05, 4.69) is 9.88 Å². The largest absolute Gasteiger partial charge is 0.439 e. The second kappa shape index (κ2) is 5.51. The lowest BCUT2D eigenvalue weighted by Gasteiger charge is -2.09. The Hall–Kier alpha value is -2.25. The summed E-state index contributed by atoms with van der Waals surface area (Å²) in [6.07, 6.45) is 1.44. The molecule has 3 rings (SSSR count). The van der Waals surface area contributed by atoms with E-state index in [0.29, 0.717) is 16.5 Å². The van der Waals surface area contributed by atoms with Crippen LogP contribution in [0, 0.1) is 6.92 Å². The maximum Gasteiger partial charge on any atom is 0.295 e. The van der Waals surface area contributed by atoms with Crippen molar-refractivity contribution in [2.24, 2.45) is 0 Å². The van der Waals surface area contributed by atoms with E-state index in [1.54, 1.807) is 25.1 Å². The van der Waals surface area contributed by atoms with E-state index >= 15 is 0 Å². The highest BCUT2D eigenvalue weighted by Gasteiger charge is 2.21. The minimum atomic E-state index is -3.86. The van der Waals surface area contributed by atoms with Crippen molar-refractivity contribution in [2.75, 3.05) is 4.72 Å². The number of furan rings is 1. The van der Waals surface area contributed by atoms with Crippen molar-refractivity contribution in [3.63, 3.8) is 0 Å². The summed E-state index contributed by atoms with van der Waals surface area (Å²) in [6, 6.07) is 9.37. The lowest BCUT2D eigenvalue weighted by Crippen LogP contribution is -2.12. The first-order valence-corrected chi connectivity index (χ1v) is 8.12. The van der Waals surface area contributed by atoms with Gasteiger partial charge >= 0.3 is 0 Å². The van der Waals surface area contributed by atoms with Crippen LogP contribution in [0.4, 0.5) is 5.69 Å². The fourth-order valence-corrected chi connectivity index (χ4v) is 3.07. The molecule has 3 aromatic rings. The van der Waals surface area contributed by atoms with Gasteiger partial charge in [0.05, 0.1) is 11.9 Å². The van der Waals surface area contributed by atoms with Crippen molar-refractivity contribution < 1.29 is 17.4 Å². The summed E-state index contributed by atoms with van der Waals surface area (Å²) in [5, 5.41) is 3.76. The molecule has 0 bridgehead atoms. The van der Waals surface area contributed by atoms with Gasteiger partial charge in [0.2, 0.25) is 10.9 Å². The minimum Gasteiger partial charge on any atom is -0.439 e. The molecule has 1 aromatic carbocycles. The maximum atomic E-state index is 12.4. The number of halogens is 1. The summed E-state index contributed by atoms with van der Waals surface area (Å²) in [6.45, 7) is 1.77. The molecule has 2 heterocycles. The summed E-state index contributed by atoms with van der Waals surface area (Å²) in [5.41, 5.74) is 1.14. The Kier molecular flexibility index (Phi) is 3.67. The number of sulfonamides is 1. The molecule has 8 heteroatoms. The van der Waals surface area contributed by atoms with Crippen molar-refractivity contribution in [1.82, 2.24) is 5.16 Å². The molecule has 0 saturated heterocycles. The van der Waals surface area contributed by atoms with Gasteiger partial charge in [-0.25, -0.2) is 0 Å². The standard InChI is InChI=1S/C14H11ClN2O4S/c1-9-2-3-10(15)8-11(9)17-22(18,19)14-5-4-12(20-14)13-6-7-16-21-13/h2-8,17H,1H3. The molecule has 22 heavy (non-hydrogen) atoms. The van der Waals surface area contributed by atoms with Crippen molar-refractivity contribution in [3.8, 4) is 11.5 Å². The van der Waals surface area contributed by atoms with Crippen LogP contribution in [0.3, 0.4) is 0 Å². The molecule has 0 radical (unpaired) electrons. The number of hydrogen-bond donors (Lipinski definition) is 1. The fourth-order valence-electron chi connectivity index (χ4n) is 1.84. The normalized spacial score (nSPS) is 11.5. The van der Waals surface area contributed by atoms with Gasteiger partial charge in [-0.2, -0.15) is 8.42 Å². The van der Waals surface area contributed by atoms with Crippen LogP contribution in [0.15, 0.2) is 56.6 Å². The Bertz CT molecular complexity index is 901. The van der Waals surface area contributed by atoms with E-state index < -0.39 is 10.0 Å². The first-order valence-electron chi connectivity index (χ1n) is 6.25. The number of anilines is 1. The summed E-state index contributed by atoms with van der Waals surface area (Å²) in [7, 11) is -3.86. The van der Waals surface area contributed by atoms with E-state index in [1.165, 1.54) is 24.4 Å². The zero-order valence-electron chi connectivity index (χ0n) is 11.4. The molecule has 0 spiro atoms. The molecule has 0 amide bonds.